The van der Waals surface area contributed by atoms with Gasteiger partial charge in [0.05, 0.1) is 13.5 Å². The summed E-state index contributed by atoms with van der Waals surface area (Å²) >= 11 is 0. The topological polar surface area (TPSA) is 92.7 Å². The van der Waals surface area contributed by atoms with Gasteiger partial charge < -0.3 is 9.84 Å². The number of rotatable bonds is 7. The number of carboxylic acids is 1. The smallest absolute Gasteiger partial charge is 0.304 e. The first-order valence-corrected chi connectivity index (χ1v) is 7.26. The molecule has 106 valence electrons. The van der Waals surface area contributed by atoms with Crippen LogP contribution in [-0.4, -0.2) is 32.6 Å². The highest BCUT2D eigenvalue weighted by molar-refractivity contribution is 7.89. The van der Waals surface area contributed by atoms with E-state index >= 15 is 0 Å². The molecule has 1 atom stereocenters. The van der Waals surface area contributed by atoms with Gasteiger partial charge in [-0.3, -0.25) is 4.79 Å². The average molecular weight is 287 g/mol. The molecule has 0 spiro atoms. The molecule has 1 aromatic carbocycles. The SMILES string of the molecule is CCC(CC(=O)O)NS(=O)(=O)c1ccccc1OC. The van der Waals surface area contributed by atoms with E-state index < -0.39 is 22.0 Å². The van der Waals surface area contributed by atoms with Crippen LogP contribution in [0.4, 0.5) is 0 Å². The first kappa shape index (κ1) is 15.5. The second kappa shape index (κ2) is 6.53. The van der Waals surface area contributed by atoms with Crippen LogP contribution in [0.15, 0.2) is 29.2 Å². The molecular formula is C12H17NO5S. The Labute approximate surface area is 112 Å². The van der Waals surface area contributed by atoms with Gasteiger partial charge in [-0.1, -0.05) is 19.1 Å². The van der Waals surface area contributed by atoms with E-state index in [4.69, 9.17) is 9.84 Å². The number of aliphatic carboxylic acids is 1. The minimum absolute atomic E-state index is 0.00124. The highest BCUT2D eigenvalue weighted by Gasteiger charge is 2.23. The lowest BCUT2D eigenvalue weighted by molar-refractivity contribution is -0.137. The molecule has 0 amide bonds. The van der Waals surface area contributed by atoms with E-state index in [1.165, 1.54) is 19.2 Å². The Morgan fingerprint density at radius 2 is 2.05 bits per heavy atom. The number of sulfonamides is 1. The van der Waals surface area contributed by atoms with Crippen molar-refractivity contribution in [1.82, 2.24) is 4.72 Å². The van der Waals surface area contributed by atoms with Crippen molar-refractivity contribution in [1.29, 1.82) is 0 Å². The lowest BCUT2D eigenvalue weighted by Gasteiger charge is -2.16. The molecule has 0 bridgehead atoms. The Bertz CT molecular complexity index is 541. The van der Waals surface area contributed by atoms with Crippen molar-refractivity contribution in [2.75, 3.05) is 7.11 Å². The quantitative estimate of drug-likeness (QED) is 0.786. The van der Waals surface area contributed by atoms with Crippen LogP contribution in [0, 0.1) is 0 Å². The monoisotopic (exact) mass is 287 g/mol. The van der Waals surface area contributed by atoms with Crippen molar-refractivity contribution in [2.24, 2.45) is 0 Å². The predicted molar refractivity (Wildman–Crippen MR) is 69.6 cm³/mol. The molecule has 0 saturated carbocycles. The molecule has 1 unspecified atom stereocenters. The van der Waals surface area contributed by atoms with Crippen molar-refractivity contribution in [3.63, 3.8) is 0 Å². The zero-order chi connectivity index (χ0) is 14.5. The van der Waals surface area contributed by atoms with E-state index in [1.807, 2.05) is 0 Å². The van der Waals surface area contributed by atoms with Crippen LogP contribution in [0.25, 0.3) is 0 Å². The van der Waals surface area contributed by atoms with Gasteiger partial charge in [0, 0.05) is 6.04 Å². The maximum absolute atomic E-state index is 12.2. The summed E-state index contributed by atoms with van der Waals surface area (Å²) in [6, 6.07) is 5.54. The van der Waals surface area contributed by atoms with E-state index in [1.54, 1.807) is 19.1 Å². The van der Waals surface area contributed by atoms with Gasteiger partial charge in [0.2, 0.25) is 10.0 Å². The van der Waals surface area contributed by atoms with Crippen LogP contribution in [0.2, 0.25) is 0 Å². The summed E-state index contributed by atoms with van der Waals surface area (Å²) in [5.74, 6) is -0.824. The lowest BCUT2D eigenvalue weighted by atomic mass is 10.2. The normalized spacial score (nSPS) is 12.9. The molecule has 19 heavy (non-hydrogen) atoms. The molecule has 0 aromatic heterocycles. The predicted octanol–water partition coefficient (Wildman–Crippen LogP) is 1.23. The van der Waals surface area contributed by atoms with Crippen LogP contribution in [-0.2, 0) is 14.8 Å². The third-order valence-electron chi connectivity index (χ3n) is 2.59. The molecular weight excluding hydrogens is 270 g/mol. The first-order valence-electron chi connectivity index (χ1n) is 5.77. The Morgan fingerprint density at radius 1 is 1.42 bits per heavy atom. The molecule has 0 heterocycles. The summed E-state index contributed by atoms with van der Waals surface area (Å²) in [4.78, 5) is 10.7. The summed E-state index contributed by atoms with van der Waals surface area (Å²) in [5.41, 5.74) is 0. The third kappa shape index (κ3) is 4.22. The zero-order valence-corrected chi connectivity index (χ0v) is 11.6. The fourth-order valence-corrected chi connectivity index (χ4v) is 3.09. The Balaban J connectivity index is 3.00. The molecule has 6 nitrogen and oxygen atoms in total. The molecule has 1 aromatic rings. The average Bonchev–Trinajstić information content (AvgIpc) is 2.37. The highest BCUT2D eigenvalue weighted by Crippen LogP contribution is 2.23. The molecule has 0 radical (unpaired) electrons. The highest BCUT2D eigenvalue weighted by atomic mass is 32.2. The number of hydrogen-bond donors (Lipinski definition) is 2. The minimum atomic E-state index is -3.80. The van der Waals surface area contributed by atoms with E-state index in [9.17, 15) is 13.2 Å². The van der Waals surface area contributed by atoms with Crippen molar-refractivity contribution in [3.05, 3.63) is 24.3 Å². The van der Waals surface area contributed by atoms with E-state index in [0.717, 1.165) is 0 Å². The molecule has 0 aliphatic heterocycles. The Kier molecular flexibility index (Phi) is 5.31. The molecule has 0 aliphatic rings. The van der Waals surface area contributed by atoms with E-state index in [0.29, 0.717) is 6.42 Å². The van der Waals surface area contributed by atoms with Crippen LogP contribution in [0.3, 0.4) is 0 Å². The molecule has 2 N–H and O–H groups in total. The number of carboxylic acid groups (broad SMARTS) is 1. The molecule has 1 rings (SSSR count). The van der Waals surface area contributed by atoms with Gasteiger partial charge in [-0.25, -0.2) is 13.1 Å². The van der Waals surface area contributed by atoms with Gasteiger partial charge in [0.1, 0.15) is 10.6 Å². The Morgan fingerprint density at radius 3 is 2.58 bits per heavy atom. The number of para-hydroxylation sites is 1. The van der Waals surface area contributed by atoms with Crippen LogP contribution >= 0.6 is 0 Å². The van der Waals surface area contributed by atoms with Gasteiger partial charge in [0.25, 0.3) is 0 Å². The number of carbonyl (C=O) groups is 1. The van der Waals surface area contributed by atoms with Gasteiger partial charge in [-0.15, -0.1) is 0 Å². The molecule has 0 aliphatic carbocycles. The maximum atomic E-state index is 12.2. The first-order chi connectivity index (χ1) is 8.90. The number of benzene rings is 1. The second-order valence-electron chi connectivity index (χ2n) is 3.98. The fourth-order valence-electron chi connectivity index (χ4n) is 1.60. The summed E-state index contributed by atoms with van der Waals surface area (Å²) < 4.78 is 31.7. The number of nitrogens with one attached hydrogen (secondary N) is 1. The van der Waals surface area contributed by atoms with Gasteiger partial charge in [-0.05, 0) is 18.6 Å². The third-order valence-corrected chi connectivity index (χ3v) is 4.15. The van der Waals surface area contributed by atoms with Crippen molar-refractivity contribution in [3.8, 4) is 5.75 Å². The van der Waals surface area contributed by atoms with Crippen LogP contribution < -0.4 is 9.46 Å². The lowest BCUT2D eigenvalue weighted by Crippen LogP contribution is -2.36. The van der Waals surface area contributed by atoms with Crippen LogP contribution in [0.1, 0.15) is 19.8 Å². The molecule has 0 fully saturated rings. The second-order valence-corrected chi connectivity index (χ2v) is 5.66. The van der Waals surface area contributed by atoms with Gasteiger partial charge >= 0.3 is 5.97 Å². The fraction of sp³-hybridized carbons (Fsp3) is 0.417. The standard InChI is InChI=1S/C12H17NO5S/c1-3-9(8-12(14)15)13-19(16,17)11-7-5-4-6-10(11)18-2/h4-7,9,13H,3,8H2,1-2H3,(H,14,15). The summed E-state index contributed by atoms with van der Waals surface area (Å²) in [7, 11) is -2.42. The number of ether oxygens (including phenoxy) is 1. The maximum Gasteiger partial charge on any atom is 0.304 e. The Hall–Kier alpha value is -1.60. The zero-order valence-electron chi connectivity index (χ0n) is 10.8. The summed E-state index contributed by atoms with van der Waals surface area (Å²) in [6.07, 6.45) is 0.131. The van der Waals surface area contributed by atoms with Gasteiger partial charge in [0.15, 0.2) is 0 Å². The number of methoxy groups -OCH3 is 1. The van der Waals surface area contributed by atoms with Crippen molar-refractivity contribution in [2.45, 2.75) is 30.7 Å². The van der Waals surface area contributed by atoms with E-state index in [2.05, 4.69) is 4.72 Å². The molecule has 7 heteroatoms. The largest absolute Gasteiger partial charge is 0.495 e. The summed E-state index contributed by atoms with van der Waals surface area (Å²) in [6.45, 7) is 1.72. The van der Waals surface area contributed by atoms with E-state index in [-0.39, 0.29) is 17.1 Å². The van der Waals surface area contributed by atoms with Crippen LogP contribution in [0.5, 0.6) is 5.75 Å². The minimum Gasteiger partial charge on any atom is -0.495 e. The van der Waals surface area contributed by atoms with Crippen molar-refractivity contribution < 1.29 is 23.1 Å². The molecule has 0 saturated heterocycles. The van der Waals surface area contributed by atoms with Crippen molar-refractivity contribution >= 4 is 16.0 Å². The number of hydrogen-bond acceptors (Lipinski definition) is 4. The van der Waals surface area contributed by atoms with Gasteiger partial charge in [-0.2, -0.15) is 0 Å². The summed E-state index contributed by atoms with van der Waals surface area (Å²) in [5, 5.41) is 8.72.